The van der Waals surface area contributed by atoms with E-state index >= 15 is 0 Å². The largest absolute Gasteiger partial charge is 0.492 e. The lowest BCUT2D eigenvalue weighted by Crippen LogP contribution is -2.48. The Morgan fingerprint density at radius 1 is 1.13 bits per heavy atom. The van der Waals surface area contributed by atoms with E-state index in [2.05, 4.69) is 30.2 Å². The molecule has 1 N–H and O–H groups in total. The number of nitrogens with zero attached hydrogens (tertiary/aromatic N) is 6. The summed E-state index contributed by atoms with van der Waals surface area (Å²) >= 11 is 6.30. The first kappa shape index (κ1) is 27.1. The molecule has 2 fully saturated rings. The Hall–Kier alpha value is -3.48. The predicted octanol–water partition coefficient (Wildman–Crippen LogP) is 2.93. The smallest absolute Gasteiger partial charge is 0.234 e. The maximum Gasteiger partial charge on any atom is 0.234 e. The molecule has 13 heteroatoms. The molecule has 0 bridgehead atoms. The van der Waals surface area contributed by atoms with Crippen LogP contribution in [-0.4, -0.2) is 101 Å². The van der Waals surface area contributed by atoms with E-state index in [1.165, 1.54) is 19.6 Å². The van der Waals surface area contributed by atoms with Crippen molar-refractivity contribution in [1.82, 2.24) is 29.7 Å². The first-order valence-electron chi connectivity index (χ1n) is 13.0. The number of ether oxygens (including phenoxy) is 4. The van der Waals surface area contributed by atoms with E-state index in [0.29, 0.717) is 59.7 Å². The van der Waals surface area contributed by atoms with Crippen LogP contribution >= 0.6 is 11.6 Å². The van der Waals surface area contributed by atoms with Crippen molar-refractivity contribution in [2.45, 2.75) is 25.9 Å². The molecule has 0 unspecified atom stereocenters. The van der Waals surface area contributed by atoms with E-state index in [9.17, 15) is 4.79 Å². The zero-order valence-corrected chi connectivity index (χ0v) is 22.8. The average molecular weight is 558 g/mol. The van der Waals surface area contributed by atoms with Crippen LogP contribution in [0.3, 0.4) is 0 Å². The third kappa shape index (κ3) is 6.75. The van der Waals surface area contributed by atoms with Gasteiger partial charge in [0.15, 0.2) is 11.0 Å². The van der Waals surface area contributed by atoms with Gasteiger partial charge in [-0.2, -0.15) is 4.98 Å². The number of carbonyl (C=O) groups is 1. The molecule has 1 amide bonds. The molecule has 0 radical (unpaired) electrons. The molecule has 4 heterocycles. The molecule has 0 saturated carbocycles. The van der Waals surface area contributed by atoms with Gasteiger partial charge >= 0.3 is 0 Å². The number of hydrogen-bond donors (Lipinski definition) is 1. The number of aromatic nitrogens is 4. The zero-order chi connectivity index (χ0) is 27.2. The van der Waals surface area contributed by atoms with Crippen molar-refractivity contribution < 1.29 is 23.7 Å². The second-order valence-electron chi connectivity index (χ2n) is 9.34. The molecule has 208 valence electrons. The van der Waals surface area contributed by atoms with Crippen molar-refractivity contribution >= 4 is 40.0 Å². The Morgan fingerprint density at radius 3 is 2.67 bits per heavy atom. The molecule has 3 aromatic rings. The van der Waals surface area contributed by atoms with Gasteiger partial charge in [0.05, 0.1) is 37.4 Å². The summed E-state index contributed by atoms with van der Waals surface area (Å²) in [5, 5.41) is 4.03. The molecule has 0 spiro atoms. The van der Waals surface area contributed by atoms with Gasteiger partial charge in [0.1, 0.15) is 36.4 Å². The molecule has 1 aromatic carbocycles. The summed E-state index contributed by atoms with van der Waals surface area (Å²) < 4.78 is 23.3. The van der Waals surface area contributed by atoms with Crippen LogP contribution in [-0.2, 0) is 9.53 Å². The Kier molecular flexibility index (Phi) is 8.74. The number of halogens is 1. The average Bonchev–Trinajstić information content (AvgIpc) is 2.95. The van der Waals surface area contributed by atoms with Crippen LogP contribution in [0.25, 0.3) is 10.9 Å². The maximum atomic E-state index is 11.6. The second-order valence-corrected chi connectivity index (χ2v) is 9.70. The highest BCUT2D eigenvalue weighted by atomic mass is 35.5. The summed E-state index contributed by atoms with van der Waals surface area (Å²) in [6.07, 6.45) is 4.45. The van der Waals surface area contributed by atoms with Crippen molar-refractivity contribution in [2.24, 2.45) is 0 Å². The van der Waals surface area contributed by atoms with Gasteiger partial charge in [-0.25, -0.2) is 15.0 Å². The summed E-state index contributed by atoms with van der Waals surface area (Å²) in [5.74, 6) is 2.46. The first-order valence-corrected chi connectivity index (χ1v) is 13.4. The lowest BCUT2D eigenvalue weighted by Gasteiger charge is -2.34. The first-order chi connectivity index (χ1) is 19.0. The monoisotopic (exact) mass is 557 g/mol. The highest BCUT2D eigenvalue weighted by molar-refractivity contribution is 6.31. The van der Waals surface area contributed by atoms with Crippen molar-refractivity contribution in [3.05, 3.63) is 29.8 Å². The molecule has 39 heavy (non-hydrogen) atoms. The molecule has 0 atom stereocenters. The van der Waals surface area contributed by atoms with Crippen molar-refractivity contribution in [2.75, 3.05) is 65.0 Å². The Bertz CT molecular complexity index is 1300. The fraction of sp³-hybridized carbons (Fsp3) is 0.500. The topological polar surface area (TPSA) is 124 Å². The summed E-state index contributed by atoms with van der Waals surface area (Å²) in [6.45, 7) is 7.29. The predicted molar refractivity (Wildman–Crippen MR) is 145 cm³/mol. The van der Waals surface area contributed by atoms with Crippen LogP contribution in [0.4, 0.5) is 11.6 Å². The van der Waals surface area contributed by atoms with Crippen LogP contribution in [0.2, 0.25) is 5.15 Å². The van der Waals surface area contributed by atoms with Crippen LogP contribution in [0.5, 0.6) is 17.4 Å². The fourth-order valence-corrected chi connectivity index (χ4v) is 4.74. The minimum atomic E-state index is -0.0111. The Labute approximate surface area is 231 Å². The molecule has 0 aliphatic carbocycles. The lowest BCUT2D eigenvalue weighted by molar-refractivity contribution is -0.130. The molecule has 2 saturated heterocycles. The molecule has 2 aliphatic heterocycles. The van der Waals surface area contributed by atoms with E-state index in [1.807, 2.05) is 17.0 Å². The number of amides is 1. The number of piperazine rings is 1. The van der Waals surface area contributed by atoms with Gasteiger partial charge in [-0.1, -0.05) is 11.6 Å². The number of benzene rings is 1. The summed E-state index contributed by atoms with van der Waals surface area (Å²) in [6, 6.07) is 3.74. The summed E-state index contributed by atoms with van der Waals surface area (Å²) in [7, 11) is 1.51. The molecule has 5 rings (SSSR count). The van der Waals surface area contributed by atoms with Crippen LogP contribution in [0.1, 0.15) is 19.8 Å². The maximum absolute atomic E-state index is 11.6. The molecular formula is C26H32ClN7O5. The third-order valence-corrected chi connectivity index (χ3v) is 7.06. The third-order valence-electron chi connectivity index (χ3n) is 6.78. The van der Waals surface area contributed by atoms with Crippen LogP contribution in [0, 0.1) is 0 Å². The van der Waals surface area contributed by atoms with Gasteiger partial charge < -0.3 is 29.2 Å². The number of fused-ring (bicyclic) bond motifs is 1. The van der Waals surface area contributed by atoms with E-state index in [4.69, 9.17) is 30.5 Å². The minimum absolute atomic E-state index is 0.0111. The number of carbonyl (C=O) groups excluding carboxylic acids is 1. The SMILES string of the molecule is COc1cnc(Cl)c(Nc2ncnc3cc(OCCN4CCN(C(C)=O)CC4)cc(OC4CCOCC4)c23)n1. The van der Waals surface area contributed by atoms with Gasteiger partial charge in [0, 0.05) is 64.6 Å². The molecule has 2 aliphatic rings. The Morgan fingerprint density at radius 2 is 1.92 bits per heavy atom. The normalized spacial score (nSPS) is 16.7. The zero-order valence-electron chi connectivity index (χ0n) is 22.1. The quantitative estimate of drug-likeness (QED) is 0.417. The van der Waals surface area contributed by atoms with Gasteiger partial charge in [-0.15, -0.1) is 0 Å². The van der Waals surface area contributed by atoms with E-state index in [0.717, 1.165) is 45.6 Å². The fourth-order valence-electron chi connectivity index (χ4n) is 4.60. The van der Waals surface area contributed by atoms with Crippen molar-refractivity contribution in [3.63, 3.8) is 0 Å². The van der Waals surface area contributed by atoms with Gasteiger partial charge in [-0.05, 0) is 0 Å². The number of nitrogens with one attached hydrogen (secondary N) is 1. The molecular weight excluding hydrogens is 526 g/mol. The van der Waals surface area contributed by atoms with Gasteiger partial charge in [-0.3, -0.25) is 9.69 Å². The molecule has 2 aromatic heterocycles. The molecule has 12 nitrogen and oxygen atoms in total. The number of rotatable bonds is 9. The Balaban J connectivity index is 1.37. The van der Waals surface area contributed by atoms with Gasteiger partial charge in [0.25, 0.3) is 0 Å². The lowest BCUT2D eigenvalue weighted by atomic mass is 10.1. The summed E-state index contributed by atoms with van der Waals surface area (Å²) in [4.78, 5) is 33.2. The second kappa shape index (κ2) is 12.6. The standard InChI is InChI=1S/C26H32ClN7O5/c1-17(35)34-7-5-33(6-8-34)9-12-38-19-13-20-23(21(14-19)39-18-3-10-37-11-4-18)25(30-16-29-20)32-26-24(27)28-15-22(31-26)36-2/h13-16,18H,3-12H2,1-2H3,(H,29,30,31,32). The number of anilines is 2. The minimum Gasteiger partial charge on any atom is -0.492 e. The van der Waals surface area contributed by atoms with Gasteiger partial charge in [0.2, 0.25) is 11.8 Å². The van der Waals surface area contributed by atoms with E-state index in [1.54, 1.807) is 6.92 Å². The number of hydrogen-bond acceptors (Lipinski definition) is 11. The van der Waals surface area contributed by atoms with Crippen LogP contribution < -0.4 is 19.5 Å². The van der Waals surface area contributed by atoms with Crippen molar-refractivity contribution in [3.8, 4) is 17.4 Å². The van der Waals surface area contributed by atoms with E-state index in [-0.39, 0.29) is 17.2 Å². The van der Waals surface area contributed by atoms with E-state index < -0.39 is 0 Å². The summed E-state index contributed by atoms with van der Waals surface area (Å²) in [5.41, 5.74) is 0.647. The highest BCUT2D eigenvalue weighted by Crippen LogP contribution is 2.37. The number of methoxy groups -OCH3 is 1. The van der Waals surface area contributed by atoms with Crippen LogP contribution in [0.15, 0.2) is 24.7 Å². The highest BCUT2D eigenvalue weighted by Gasteiger charge is 2.22. The van der Waals surface area contributed by atoms with Crippen molar-refractivity contribution in [1.29, 1.82) is 0 Å².